The molecule has 1 fully saturated rings. The van der Waals surface area contributed by atoms with Crippen LogP contribution in [0.15, 0.2) is 54.6 Å². The number of hydrogen-bond acceptors (Lipinski definition) is 3. The van der Waals surface area contributed by atoms with Crippen LogP contribution in [-0.2, 0) is 10.5 Å². The summed E-state index contributed by atoms with van der Waals surface area (Å²) in [6, 6.07) is 14.9. The van der Waals surface area contributed by atoms with Crippen molar-refractivity contribution < 1.29 is 9.18 Å². The molecule has 28 heavy (non-hydrogen) atoms. The lowest BCUT2D eigenvalue weighted by molar-refractivity contribution is -0.129. The second kappa shape index (κ2) is 10.6. The van der Waals surface area contributed by atoms with Gasteiger partial charge in [-0.1, -0.05) is 60.2 Å². The minimum absolute atomic E-state index is 0.124. The van der Waals surface area contributed by atoms with Gasteiger partial charge in [-0.3, -0.25) is 9.69 Å². The third kappa shape index (κ3) is 6.36. The van der Waals surface area contributed by atoms with E-state index in [1.165, 1.54) is 23.4 Å². The molecule has 0 bridgehead atoms. The molecule has 1 amide bonds. The van der Waals surface area contributed by atoms with Crippen LogP contribution in [0.5, 0.6) is 0 Å². The maximum Gasteiger partial charge on any atom is 0.232 e. The maximum absolute atomic E-state index is 13.8. The van der Waals surface area contributed by atoms with Gasteiger partial charge in [-0.05, 0) is 23.3 Å². The Hall–Kier alpha value is -1.82. The van der Waals surface area contributed by atoms with Crippen LogP contribution in [0, 0.1) is 5.82 Å². The third-order valence-electron chi connectivity index (χ3n) is 4.70. The van der Waals surface area contributed by atoms with Crippen molar-refractivity contribution in [3.8, 4) is 0 Å². The highest BCUT2D eigenvalue weighted by Gasteiger charge is 2.20. The molecule has 3 rings (SSSR count). The first-order valence-electron chi connectivity index (χ1n) is 9.35. The van der Waals surface area contributed by atoms with Crippen molar-refractivity contribution >= 4 is 35.3 Å². The highest BCUT2D eigenvalue weighted by molar-refractivity contribution is 7.99. The molecule has 0 N–H and O–H groups in total. The Kier molecular flexibility index (Phi) is 7.95. The Labute approximate surface area is 175 Å². The van der Waals surface area contributed by atoms with Gasteiger partial charge in [0.15, 0.2) is 0 Å². The van der Waals surface area contributed by atoms with Gasteiger partial charge < -0.3 is 4.90 Å². The maximum atomic E-state index is 13.8. The lowest BCUT2D eigenvalue weighted by Crippen LogP contribution is -2.49. The number of piperazine rings is 1. The lowest BCUT2D eigenvalue weighted by Gasteiger charge is -2.34. The molecule has 0 unspecified atom stereocenters. The van der Waals surface area contributed by atoms with Gasteiger partial charge in [0.2, 0.25) is 5.91 Å². The molecule has 1 aliphatic rings. The van der Waals surface area contributed by atoms with Gasteiger partial charge in [-0.2, -0.15) is 0 Å². The predicted molar refractivity (Wildman–Crippen MR) is 116 cm³/mol. The quantitative estimate of drug-likeness (QED) is 0.658. The first-order chi connectivity index (χ1) is 13.6. The van der Waals surface area contributed by atoms with Crippen molar-refractivity contribution in [3.63, 3.8) is 0 Å². The number of carbonyl (C=O) groups is 1. The second-order valence-electron chi connectivity index (χ2n) is 6.72. The SMILES string of the molecule is O=C(CSCc1ccc(Cl)cc1F)N1CCN(C/C=C/c2ccccc2)CC1. The fraction of sp³-hybridized carbons (Fsp3) is 0.318. The van der Waals surface area contributed by atoms with Crippen LogP contribution in [0.4, 0.5) is 4.39 Å². The molecule has 0 aliphatic carbocycles. The summed E-state index contributed by atoms with van der Waals surface area (Å²) in [7, 11) is 0. The molecule has 148 valence electrons. The van der Waals surface area contributed by atoms with Gasteiger partial charge in [0, 0.05) is 43.5 Å². The molecule has 2 aromatic rings. The Bertz CT molecular complexity index is 807. The van der Waals surface area contributed by atoms with Crippen molar-refractivity contribution in [1.29, 1.82) is 0 Å². The molecule has 1 saturated heterocycles. The van der Waals surface area contributed by atoms with Crippen LogP contribution in [0.25, 0.3) is 6.08 Å². The van der Waals surface area contributed by atoms with Crippen molar-refractivity contribution in [1.82, 2.24) is 9.80 Å². The number of halogens is 2. The minimum atomic E-state index is -0.315. The lowest BCUT2D eigenvalue weighted by atomic mass is 10.2. The van der Waals surface area contributed by atoms with Crippen molar-refractivity contribution in [2.45, 2.75) is 5.75 Å². The van der Waals surface area contributed by atoms with Crippen molar-refractivity contribution in [2.24, 2.45) is 0 Å². The first-order valence-corrected chi connectivity index (χ1v) is 10.9. The van der Waals surface area contributed by atoms with Crippen molar-refractivity contribution in [2.75, 3.05) is 38.5 Å². The predicted octanol–water partition coefficient (Wildman–Crippen LogP) is 4.57. The van der Waals surface area contributed by atoms with Gasteiger partial charge in [0.05, 0.1) is 5.75 Å². The number of hydrogen-bond donors (Lipinski definition) is 0. The summed E-state index contributed by atoms with van der Waals surface area (Å²) in [5.74, 6) is 0.651. The van der Waals surface area contributed by atoms with Gasteiger partial charge in [0.25, 0.3) is 0 Å². The smallest absolute Gasteiger partial charge is 0.232 e. The van der Waals surface area contributed by atoms with E-state index in [4.69, 9.17) is 11.6 Å². The molecule has 1 heterocycles. The second-order valence-corrected chi connectivity index (χ2v) is 8.15. The summed E-state index contributed by atoms with van der Waals surface area (Å²) in [5, 5.41) is 0.388. The Balaban J connectivity index is 1.36. The monoisotopic (exact) mass is 418 g/mol. The summed E-state index contributed by atoms with van der Waals surface area (Å²) in [6.45, 7) is 4.13. The van der Waals surface area contributed by atoms with Crippen LogP contribution in [0.2, 0.25) is 5.02 Å². The van der Waals surface area contributed by atoms with E-state index in [0.717, 1.165) is 32.7 Å². The van der Waals surface area contributed by atoms with Gasteiger partial charge in [-0.25, -0.2) is 4.39 Å². The van der Waals surface area contributed by atoms with E-state index >= 15 is 0 Å². The van der Waals surface area contributed by atoms with Gasteiger partial charge in [-0.15, -0.1) is 11.8 Å². The summed E-state index contributed by atoms with van der Waals surface area (Å²) in [4.78, 5) is 16.6. The highest BCUT2D eigenvalue weighted by atomic mass is 35.5. The number of nitrogens with zero attached hydrogens (tertiary/aromatic N) is 2. The number of rotatable bonds is 7. The van der Waals surface area contributed by atoms with E-state index < -0.39 is 0 Å². The van der Waals surface area contributed by atoms with E-state index in [-0.39, 0.29) is 11.7 Å². The molecule has 0 saturated carbocycles. The van der Waals surface area contributed by atoms with Crippen LogP contribution < -0.4 is 0 Å². The van der Waals surface area contributed by atoms with E-state index in [1.54, 1.807) is 12.1 Å². The molecular weight excluding hydrogens is 395 g/mol. The van der Waals surface area contributed by atoms with Crippen LogP contribution in [0.1, 0.15) is 11.1 Å². The Morgan fingerprint density at radius 3 is 2.57 bits per heavy atom. The molecule has 2 aromatic carbocycles. The van der Waals surface area contributed by atoms with Crippen molar-refractivity contribution in [3.05, 3.63) is 76.6 Å². The fourth-order valence-corrected chi connectivity index (χ4v) is 4.13. The minimum Gasteiger partial charge on any atom is -0.339 e. The molecule has 3 nitrogen and oxygen atoms in total. The van der Waals surface area contributed by atoms with E-state index in [1.807, 2.05) is 23.1 Å². The molecular formula is C22H24ClFN2OS. The summed E-state index contributed by atoms with van der Waals surface area (Å²) >= 11 is 7.20. The Morgan fingerprint density at radius 1 is 1.11 bits per heavy atom. The molecule has 0 spiro atoms. The molecule has 6 heteroatoms. The average Bonchev–Trinajstić information content (AvgIpc) is 2.71. The fourth-order valence-electron chi connectivity index (χ4n) is 3.06. The van der Waals surface area contributed by atoms with Gasteiger partial charge >= 0.3 is 0 Å². The Morgan fingerprint density at radius 2 is 1.86 bits per heavy atom. The zero-order chi connectivity index (χ0) is 19.8. The zero-order valence-electron chi connectivity index (χ0n) is 15.7. The first kappa shape index (κ1) is 20.9. The van der Waals surface area contributed by atoms with Crippen LogP contribution in [0.3, 0.4) is 0 Å². The highest BCUT2D eigenvalue weighted by Crippen LogP contribution is 2.20. The normalized spacial score (nSPS) is 15.3. The number of benzene rings is 2. The van der Waals surface area contributed by atoms with E-state index in [0.29, 0.717) is 22.1 Å². The topological polar surface area (TPSA) is 23.6 Å². The van der Waals surface area contributed by atoms with Gasteiger partial charge in [0.1, 0.15) is 5.82 Å². The third-order valence-corrected chi connectivity index (χ3v) is 5.90. The van der Waals surface area contributed by atoms with E-state index in [2.05, 4.69) is 29.2 Å². The molecule has 0 atom stereocenters. The largest absolute Gasteiger partial charge is 0.339 e. The molecule has 0 radical (unpaired) electrons. The number of thioether (sulfide) groups is 1. The van der Waals surface area contributed by atoms with Crippen LogP contribution >= 0.6 is 23.4 Å². The average molecular weight is 419 g/mol. The summed E-state index contributed by atoms with van der Waals surface area (Å²) < 4.78 is 13.8. The molecule has 1 aliphatic heterocycles. The standard InChI is InChI=1S/C22H24ClFN2OS/c23-20-9-8-19(21(24)15-20)16-28-17-22(27)26-13-11-25(12-14-26)10-4-7-18-5-2-1-3-6-18/h1-9,15H,10-14,16-17H2/b7-4+. The van der Waals surface area contributed by atoms with Crippen LogP contribution in [-0.4, -0.2) is 54.2 Å². The summed E-state index contributed by atoms with van der Waals surface area (Å²) in [5.41, 5.74) is 1.78. The number of carbonyl (C=O) groups excluding carboxylic acids is 1. The molecule has 0 aromatic heterocycles. The van der Waals surface area contributed by atoms with E-state index in [9.17, 15) is 9.18 Å². The zero-order valence-corrected chi connectivity index (χ0v) is 17.3. The number of amides is 1. The summed E-state index contributed by atoms with van der Waals surface area (Å²) in [6.07, 6.45) is 4.30.